The van der Waals surface area contributed by atoms with Crippen molar-refractivity contribution in [1.29, 1.82) is 0 Å². The van der Waals surface area contributed by atoms with E-state index >= 15 is 0 Å². The summed E-state index contributed by atoms with van der Waals surface area (Å²) in [7, 11) is 0. The fraction of sp³-hybridized carbons (Fsp3) is 0.212. The minimum atomic E-state index is -0.203. The van der Waals surface area contributed by atoms with Crippen LogP contribution in [0.2, 0.25) is 0 Å². The maximum Gasteiger partial charge on any atom is 0.255 e. The predicted molar refractivity (Wildman–Crippen MR) is 155 cm³/mol. The van der Waals surface area contributed by atoms with Gasteiger partial charge in [-0.3, -0.25) is 9.59 Å². The highest BCUT2D eigenvalue weighted by Gasteiger charge is 2.20. The number of rotatable bonds is 8. The zero-order valence-corrected chi connectivity index (χ0v) is 21.5. The summed E-state index contributed by atoms with van der Waals surface area (Å²) in [4.78, 5) is 28.6. The maximum absolute atomic E-state index is 13.3. The van der Waals surface area contributed by atoms with Crippen LogP contribution in [-0.2, 0) is 6.42 Å². The summed E-state index contributed by atoms with van der Waals surface area (Å²) in [5.74, 6) is -0.324. The van der Waals surface area contributed by atoms with Crippen LogP contribution in [0.3, 0.4) is 0 Å². The van der Waals surface area contributed by atoms with Gasteiger partial charge in [-0.2, -0.15) is 0 Å². The standard InChI is InChI=1S/C33H33N3O2/c37-32(28-16-14-27(15-17-28)26-12-6-2-7-13-26)35-29-18-19-31(36-22-8-3-9-23-36)30(24-29)33(38)34-21-20-25-10-4-1-5-11-25/h1-2,4-7,10-19,24H,3,8-9,20-23H2,(H,34,38)(H,35,37). The highest BCUT2D eigenvalue weighted by atomic mass is 16.2. The molecule has 4 aromatic rings. The van der Waals surface area contributed by atoms with Gasteiger partial charge in [0.15, 0.2) is 0 Å². The maximum atomic E-state index is 13.3. The van der Waals surface area contributed by atoms with Gasteiger partial charge in [-0.15, -0.1) is 0 Å². The molecule has 5 rings (SSSR count). The van der Waals surface area contributed by atoms with Crippen molar-refractivity contribution in [3.05, 3.63) is 120 Å². The molecule has 1 saturated heterocycles. The first-order valence-electron chi connectivity index (χ1n) is 13.4. The lowest BCUT2D eigenvalue weighted by Crippen LogP contribution is -2.33. The topological polar surface area (TPSA) is 61.4 Å². The number of hydrogen-bond acceptors (Lipinski definition) is 3. The van der Waals surface area contributed by atoms with Crippen LogP contribution in [0, 0.1) is 0 Å². The van der Waals surface area contributed by atoms with Gasteiger partial charge < -0.3 is 15.5 Å². The molecule has 0 radical (unpaired) electrons. The van der Waals surface area contributed by atoms with Crippen LogP contribution in [-0.4, -0.2) is 31.4 Å². The number of amides is 2. The molecule has 1 aliphatic heterocycles. The van der Waals surface area contributed by atoms with Gasteiger partial charge in [0.2, 0.25) is 0 Å². The molecule has 38 heavy (non-hydrogen) atoms. The number of carbonyl (C=O) groups excluding carboxylic acids is 2. The van der Waals surface area contributed by atoms with E-state index in [-0.39, 0.29) is 11.8 Å². The lowest BCUT2D eigenvalue weighted by Gasteiger charge is -2.30. The van der Waals surface area contributed by atoms with Crippen molar-refractivity contribution in [3.63, 3.8) is 0 Å². The van der Waals surface area contributed by atoms with Crippen molar-refractivity contribution in [3.8, 4) is 11.1 Å². The number of nitrogens with one attached hydrogen (secondary N) is 2. The largest absolute Gasteiger partial charge is 0.371 e. The Labute approximate surface area is 224 Å². The molecule has 0 saturated carbocycles. The van der Waals surface area contributed by atoms with Gasteiger partial charge >= 0.3 is 0 Å². The molecule has 0 unspecified atom stereocenters. The van der Waals surface area contributed by atoms with Gasteiger partial charge in [0, 0.05) is 36.6 Å². The second-order valence-electron chi connectivity index (χ2n) is 9.67. The van der Waals surface area contributed by atoms with E-state index in [4.69, 9.17) is 0 Å². The second-order valence-corrected chi connectivity index (χ2v) is 9.67. The Bertz CT molecular complexity index is 1360. The van der Waals surface area contributed by atoms with Gasteiger partial charge in [-0.05, 0) is 72.7 Å². The van der Waals surface area contributed by atoms with Crippen molar-refractivity contribution in [1.82, 2.24) is 5.32 Å². The number of hydrogen-bond donors (Lipinski definition) is 2. The Hall–Kier alpha value is -4.38. The van der Waals surface area contributed by atoms with Crippen LogP contribution >= 0.6 is 0 Å². The molecule has 0 aromatic heterocycles. The van der Waals surface area contributed by atoms with Crippen LogP contribution in [0.4, 0.5) is 11.4 Å². The molecule has 192 valence electrons. The van der Waals surface area contributed by atoms with Crippen molar-refractivity contribution in [2.75, 3.05) is 29.9 Å². The van der Waals surface area contributed by atoms with Crippen LogP contribution in [0.15, 0.2) is 103 Å². The summed E-state index contributed by atoms with van der Waals surface area (Å²) in [6.07, 6.45) is 4.21. The molecule has 5 nitrogen and oxygen atoms in total. The molecule has 0 atom stereocenters. The molecule has 5 heteroatoms. The molecule has 1 heterocycles. The second kappa shape index (κ2) is 12.2. The van der Waals surface area contributed by atoms with Gasteiger partial charge in [0.1, 0.15) is 0 Å². The van der Waals surface area contributed by atoms with Crippen LogP contribution < -0.4 is 15.5 Å². The van der Waals surface area contributed by atoms with E-state index in [1.807, 2.05) is 84.9 Å². The average Bonchev–Trinajstić information content (AvgIpc) is 2.98. The molecule has 1 fully saturated rings. The monoisotopic (exact) mass is 503 g/mol. The molecular formula is C33H33N3O2. The summed E-state index contributed by atoms with van der Waals surface area (Å²) in [5, 5.41) is 6.07. The molecule has 2 N–H and O–H groups in total. The van der Waals surface area contributed by atoms with Gasteiger partial charge in [-0.25, -0.2) is 0 Å². The normalized spacial score (nSPS) is 13.1. The highest BCUT2D eigenvalue weighted by molar-refractivity contribution is 6.06. The molecule has 0 bridgehead atoms. The quantitative estimate of drug-likeness (QED) is 0.286. The number of piperidine rings is 1. The van der Waals surface area contributed by atoms with E-state index in [1.54, 1.807) is 6.07 Å². The summed E-state index contributed by atoms with van der Waals surface area (Å²) in [6.45, 7) is 2.42. The third-order valence-electron chi connectivity index (χ3n) is 6.99. The number of benzene rings is 4. The first kappa shape index (κ1) is 25.3. The first-order chi connectivity index (χ1) is 18.7. The fourth-order valence-corrected chi connectivity index (χ4v) is 4.91. The summed E-state index contributed by atoms with van der Waals surface area (Å²) in [6, 6.07) is 33.4. The Kier molecular flexibility index (Phi) is 8.14. The van der Waals surface area contributed by atoms with E-state index < -0.39 is 0 Å². The average molecular weight is 504 g/mol. The van der Waals surface area contributed by atoms with Gasteiger partial charge in [0.05, 0.1) is 5.56 Å². The lowest BCUT2D eigenvalue weighted by atomic mass is 10.0. The smallest absolute Gasteiger partial charge is 0.255 e. The summed E-state index contributed by atoms with van der Waals surface area (Å²) >= 11 is 0. The number of nitrogens with zero attached hydrogens (tertiary/aromatic N) is 1. The zero-order chi connectivity index (χ0) is 26.2. The molecule has 0 spiro atoms. The molecule has 0 aliphatic carbocycles. The Morgan fingerprint density at radius 1 is 0.684 bits per heavy atom. The molecule has 1 aliphatic rings. The van der Waals surface area contributed by atoms with E-state index in [1.165, 1.54) is 12.0 Å². The fourth-order valence-electron chi connectivity index (χ4n) is 4.91. The lowest BCUT2D eigenvalue weighted by molar-refractivity contribution is 0.0953. The van der Waals surface area contributed by atoms with Crippen molar-refractivity contribution >= 4 is 23.2 Å². The highest BCUT2D eigenvalue weighted by Crippen LogP contribution is 2.28. The predicted octanol–water partition coefficient (Wildman–Crippen LogP) is 6.57. The van der Waals surface area contributed by atoms with E-state index in [0.717, 1.165) is 49.2 Å². The Morgan fingerprint density at radius 3 is 2.05 bits per heavy atom. The van der Waals surface area contributed by atoms with Crippen LogP contribution in [0.25, 0.3) is 11.1 Å². The third kappa shape index (κ3) is 6.30. The Balaban J connectivity index is 1.31. The minimum absolute atomic E-state index is 0.121. The van der Waals surface area contributed by atoms with Crippen LogP contribution in [0.5, 0.6) is 0 Å². The number of anilines is 2. The van der Waals surface area contributed by atoms with Gasteiger partial charge in [-0.1, -0.05) is 72.8 Å². The summed E-state index contributed by atoms with van der Waals surface area (Å²) < 4.78 is 0. The van der Waals surface area contributed by atoms with E-state index in [2.05, 4.69) is 27.7 Å². The zero-order valence-electron chi connectivity index (χ0n) is 21.5. The SMILES string of the molecule is O=C(Nc1ccc(N2CCCCC2)c(C(=O)NCCc2ccccc2)c1)c1ccc(-c2ccccc2)cc1. The van der Waals surface area contributed by atoms with Crippen molar-refractivity contribution in [2.45, 2.75) is 25.7 Å². The Morgan fingerprint density at radius 2 is 1.34 bits per heavy atom. The van der Waals surface area contributed by atoms with Crippen molar-refractivity contribution in [2.24, 2.45) is 0 Å². The van der Waals surface area contributed by atoms with Crippen LogP contribution in [0.1, 0.15) is 45.5 Å². The van der Waals surface area contributed by atoms with E-state index in [0.29, 0.717) is 23.4 Å². The molecule has 2 amide bonds. The molecular weight excluding hydrogens is 470 g/mol. The third-order valence-corrected chi connectivity index (χ3v) is 6.99. The van der Waals surface area contributed by atoms with Crippen molar-refractivity contribution < 1.29 is 9.59 Å². The summed E-state index contributed by atoms with van der Waals surface area (Å²) in [5.41, 5.74) is 6.04. The minimum Gasteiger partial charge on any atom is -0.371 e. The van der Waals surface area contributed by atoms with E-state index in [9.17, 15) is 9.59 Å². The number of carbonyl (C=O) groups is 2. The first-order valence-corrected chi connectivity index (χ1v) is 13.4. The van der Waals surface area contributed by atoms with Gasteiger partial charge in [0.25, 0.3) is 11.8 Å². The molecule has 4 aromatic carbocycles.